The molecule has 2 N–H and O–H groups in total. The Morgan fingerprint density at radius 1 is 1.58 bits per heavy atom. The summed E-state index contributed by atoms with van der Waals surface area (Å²) in [5, 5.41) is 14.3. The first kappa shape index (κ1) is 9.55. The number of aryl methyl sites for hydroxylation is 2. The fourth-order valence-corrected chi connectivity index (χ4v) is 1.89. The molecular formula is C9H15NOS. The highest BCUT2D eigenvalue weighted by Crippen LogP contribution is 2.26. The lowest BCUT2D eigenvalue weighted by Crippen LogP contribution is -2.19. The van der Waals surface area contributed by atoms with Crippen LogP contribution >= 0.6 is 11.3 Å². The van der Waals surface area contributed by atoms with Crippen LogP contribution in [0, 0.1) is 13.8 Å². The van der Waals surface area contributed by atoms with E-state index in [1.807, 2.05) is 6.92 Å². The number of hydrogen-bond acceptors (Lipinski definition) is 3. The molecular weight excluding hydrogens is 170 g/mol. The molecule has 0 aliphatic rings. The molecule has 1 unspecified atom stereocenters. The van der Waals surface area contributed by atoms with Crippen LogP contribution in [0.15, 0.2) is 5.38 Å². The average Bonchev–Trinajstić information content (AvgIpc) is 2.35. The number of aliphatic hydroxyl groups is 1. The zero-order valence-corrected chi connectivity index (χ0v) is 8.53. The third-order valence-electron chi connectivity index (χ3n) is 1.82. The minimum absolute atomic E-state index is 0.136. The molecule has 3 heteroatoms. The van der Waals surface area contributed by atoms with E-state index in [1.165, 1.54) is 16.1 Å². The summed E-state index contributed by atoms with van der Waals surface area (Å²) in [6, 6.07) is 0.136. The molecule has 1 heterocycles. The molecule has 1 rings (SSSR count). The van der Waals surface area contributed by atoms with E-state index < -0.39 is 0 Å². The van der Waals surface area contributed by atoms with Gasteiger partial charge in [0.05, 0.1) is 12.3 Å². The van der Waals surface area contributed by atoms with Crippen LogP contribution in [0.4, 0.5) is 5.69 Å². The highest BCUT2D eigenvalue weighted by atomic mass is 32.1. The fourth-order valence-electron chi connectivity index (χ4n) is 1.08. The molecule has 0 aromatic carbocycles. The second-order valence-electron chi connectivity index (χ2n) is 3.08. The molecule has 0 fully saturated rings. The molecule has 0 aliphatic carbocycles. The molecule has 0 amide bonds. The van der Waals surface area contributed by atoms with E-state index in [9.17, 15) is 0 Å². The van der Waals surface area contributed by atoms with Gasteiger partial charge in [0.25, 0.3) is 0 Å². The Kier molecular flexibility index (Phi) is 3.12. The Labute approximate surface area is 77.2 Å². The van der Waals surface area contributed by atoms with Crippen molar-refractivity contribution in [2.24, 2.45) is 0 Å². The van der Waals surface area contributed by atoms with Crippen LogP contribution in [-0.2, 0) is 0 Å². The Bertz CT molecular complexity index is 238. The van der Waals surface area contributed by atoms with Crippen molar-refractivity contribution in [3.8, 4) is 0 Å². The van der Waals surface area contributed by atoms with Crippen LogP contribution in [0.2, 0.25) is 0 Å². The first-order valence-electron chi connectivity index (χ1n) is 4.07. The molecule has 0 saturated heterocycles. The van der Waals surface area contributed by atoms with Gasteiger partial charge in [-0.1, -0.05) is 0 Å². The van der Waals surface area contributed by atoms with E-state index in [-0.39, 0.29) is 12.6 Å². The first-order valence-corrected chi connectivity index (χ1v) is 4.95. The summed E-state index contributed by atoms with van der Waals surface area (Å²) in [5.74, 6) is 0. The normalized spacial score (nSPS) is 13.0. The summed E-state index contributed by atoms with van der Waals surface area (Å²) >= 11 is 1.74. The van der Waals surface area contributed by atoms with E-state index in [0.29, 0.717) is 0 Å². The molecule has 1 atom stereocenters. The Balaban J connectivity index is 2.73. The quantitative estimate of drug-likeness (QED) is 0.756. The van der Waals surface area contributed by atoms with Crippen molar-refractivity contribution >= 4 is 17.0 Å². The Hall–Kier alpha value is -0.540. The number of thiophene rings is 1. The summed E-state index contributed by atoms with van der Waals surface area (Å²) in [4.78, 5) is 1.28. The van der Waals surface area contributed by atoms with Crippen molar-refractivity contribution in [3.05, 3.63) is 15.8 Å². The van der Waals surface area contributed by atoms with E-state index in [2.05, 4.69) is 24.5 Å². The average molecular weight is 185 g/mol. The van der Waals surface area contributed by atoms with Crippen LogP contribution in [0.1, 0.15) is 17.4 Å². The first-order chi connectivity index (χ1) is 5.65. The number of nitrogens with one attached hydrogen (secondary N) is 1. The maximum Gasteiger partial charge on any atom is 0.0630 e. The van der Waals surface area contributed by atoms with Gasteiger partial charge in [-0.15, -0.1) is 11.3 Å². The molecule has 0 aliphatic heterocycles. The van der Waals surface area contributed by atoms with Gasteiger partial charge in [-0.3, -0.25) is 0 Å². The monoisotopic (exact) mass is 185 g/mol. The molecule has 0 spiro atoms. The van der Waals surface area contributed by atoms with E-state index in [1.54, 1.807) is 11.3 Å². The van der Waals surface area contributed by atoms with Gasteiger partial charge in [-0.25, -0.2) is 0 Å². The predicted octanol–water partition coefficient (Wildman–Crippen LogP) is 2.16. The zero-order chi connectivity index (χ0) is 9.14. The van der Waals surface area contributed by atoms with Gasteiger partial charge in [0, 0.05) is 10.9 Å². The summed E-state index contributed by atoms with van der Waals surface area (Å²) < 4.78 is 0. The molecule has 12 heavy (non-hydrogen) atoms. The van der Waals surface area contributed by atoms with E-state index in [0.717, 1.165) is 0 Å². The van der Waals surface area contributed by atoms with Crippen LogP contribution in [0.25, 0.3) is 0 Å². The number of anilines is 1. The summed E-state index contributed by atoms with van der Waals surface area (Å²) in [6.07, 6.45) is 0. The SMILES string of the molecule is Cc1csc(C)c1NC(C)CO. The van der Waals surface area contributed by atoms with Crippen molar-refractivity contribution < 1.29 is 5.11 Å². The largest absolute Gasteiger partial charge is 0.394 e. The molecule has 0 radical (unpaired) electrons. The predicted molar refractivity (Wildman–Crippen MR) is 54.0 cm³/mol. The van der Waals surface area contributed by atoms with Crippen molar-refractivity contribution in [3.63, 3.8) is 0 Å². The lowest BCUT2D eigenvalue weighted by molar-refractivity contribution is 0.281. The van der Waals surface area contributed by atoms with Crippen molar-refractivity contribution in [1.29, 1.82) is 0 Å². The lowest BCUT2D eigenvalue weighted by Gasteiger charge is -2.12. The standard InChI is InChI=1S/C9H15NOS/c1-6-5-12-8(3)9(6)10-7(2)4-11/h5,7,10-11H,4H2,1-3H3. The van der Waals surface area contributed by atoms with Gasteiger partial charge in [0.1, 0.15) is 0 Å². The summed E-state index contributed by atoms with van der Waals surface area (Å²) in [5.41, 5.74) is 2.44. The molecule has 2 nitrogen and oxygen atoms in total. The highest BCUT2D eigenvalue weighted by molar-refractivity contribution is 7.10. The number of rotatable bonds is 3. The van der Waals surface area contributed by atoms with Gasteiger partial charge >= 0.3 is 0 Å². The van der Waals surface area contributed by atoms with Crippen LogP contribution in [0.5, 0.6) is 0 Å². The Morgan fingerprint density at radius 2 is 2.25 bits per heavy atom. The zero-order valence-electron chi connectivity index (χ0n) is 7.72. The van der Waals surface area contributed by atoms with Gasteiger partial charge in [-0.2, -0.15) is 0 Å². The van der Waals surface area contributed by atoms with Crippen molar-refractivity contribution in [2.75, 3.05) is 11.9 Å². The smallest absolute Gasteiger partial charge is 0.0630 e. The maximum absolute atomic E-state index is 8.86. The molecule has 1 aromatic rings. The summed E-state index contributed by atoms with van der Waals surface area (Å²) in [7, 11) is 0. The van der Waals surface area contributed by atoms with Crippen molar-refractivity contribution in [1.82, 2.24) is 0 Å². The van der Waals surface area contributed by atoms with Crippen LogP contribution in [-0.4, -0.2) is 17.8 Å². The van der Waals surface area contributed by atoms with Crippen LogP contribution in [0.3, 0.4) is 0 Å². The minimum Gasteiger partial charge on any atom is -0.394 e. The topological polar surface area (TPSA) is 32.3 Å². The lowest BCUT2D eigenvalue weighted by atomic mass is 10.2. The number of hydrogen-bond donors (Lipinski definition) is 2. The second kappa shape index (κ2) is 3.92. The minimum atomic E-state index is 0.136. The second-order valence-corrected chi connectivity index (χ2v) is 4.16. The van der Waals surface area contributed by atoms with Gasteiger partial charge in [0.15, 0.2) is 0 Å². The molecule has 0 saturated carbocycles. The fraction of sp³-hybridized carbons (Fsp3) is 0.556. The third-order valence-corrected chi connectivity index (χ3v) is 2.85. The van der Waals surface area contributed by atoms with Crippen LogP contribution < -0.4 is 5.32 Å². The van der Waals surface area contributed by atoms with Gasteiger partial charge in [-0.05, 0) is 31.7 Å². The third kappa shape index (κ3) is 1.99. The Morgan fingerprint density at radius 3 is 2.67 bits per heavy atom. The maximum atomic E-state index is 8.86. The molecule has 0 bridgehead atoms. The van der Waals surface area contributed by atoms with E-state index in [4.69, 9.17) is 5.11 Å². The van der Waals surface area contributed by atoms with Gasteiger partial charge < -0.3 is 10.4 Å². The number of aliphatic hydroxyl groups excluding tert-OH is 1. The van der Waals surface area contributed by atoms with E-state index >= 15 is 0 Å². The summed E-state index contributed by atoms with van der Waals surface area (Å²) in [6.45, 7) is 6.31. The molecule has 68 valence electrons. The van der Waals surface area contributed by atoms with Gasteiger partial charge in [0.2, 0.25) is 0 Å². The highest BCUT2D eigenvalue weighted by Gasteiger charge is 2.06. The van der Waals surface area contributed by atoms with Crippen molar-refractivity contribution in [2.45, 2.75) is 26.8 Å². The molecule has 1 aromatic heterocycles.